The van der Waals surface area contributed by atoms with Crippen molar-refractivity contribution in [1.29, 1.82) is 0 Å². The van der Waals surface area contributed by atoms with Crippen molar-refractivity contribution in [3.05, 3.63) is 12.2 Å². The van der Waals surface area contributed by atoms with Gasteiger partial charge in [-0.15, -0.1) is 0 Å². The van der Waals surface area contributed by atoms with Crippen molar-refractivity contribution >= 4 is 17.9 Å². The molecular formula is C72H138O6. The van der Waals surface area contributed by atoms with Crippen LogP contribution in [-0.4, -0.2) is 37.2 Å². The van der Waals surface area contributed by atoms with Crippen LogP contribution in [0.5, 0.6) is 0 Å². The van der Waals surface area contributed by atoms with Crippen molar-refractivity contribution < 1.29 is 28.6 Å². The molecule has 6 nitrogen and oxygen atoms in total. The third-order valence-electron chi connectivity index (χ3n) is 16.5. The first-order chi connectivity index (χ1) is 38.5. The molecule has 0 aliphatic rings. The van der Waals surface area contributed by atoms with E-state index in [0.717, 1.165) is 64.2 Å². The Balaban J connectivity index is 3.99. The van der Waals surface area contributed by atoms with Crippen molar-refractivity contribution in [1.82, 2.24) is 0 Å². The lowest BCUT2D eigenvalue weighted by Crippen LogP contribution is -2.30. The van der Waals surface area contributed by atoms with Crippen LogP contribution in [0.25, 0.3) is 0 Å². The molecule has 0 bridgehead atoms. The average Bonchev–Trinajstić information content (AvgIpc) is 3.44. The minimum atomic E-state index is -0.769. The molecule has 0 aromatic heterocycles. The maximum atomic E-state index is 12.9. The second-order valence-corrected chi connectivity index (χ2v) is 24.5. The SMILES string of the molecule is CCCCCCCCC/C=C\CCCCCCCC(=O)OC(COC(=O)CCCCCCCCCCCC)COC(=O)CCCCCCCCCCCCCCCCCCCCCCCCCCCCCCCCCCCC. The molecule has 0 amide bonds. The normalized spacial score (nSPS) is 12.0. The van der Waals surface area contributed by atoms with Gasteiger partial charge in [0.15, 0.2) is 6.10 Å². The molecule has 0 fully saturated rings. The number of ether oxygens (including phenoxy) is 3. The van der Waals surface area contributed by atoms with Gasteiger partial charge in [-0.3, -0.25) is 14.4 Å². The summed E-state index contributed by atoms with van der Waals surface area (Å²) in [5.74, 6) is -0.848. The number of esters is 3. The van der Waals surface area contributed by atoms with Crippen LogP contribution in [0.4, 0.5) is 0 Å². The third kappa shape index (κ3) is 65.0. The Kier molecular flexibility index (Phi) is 66.0. The van der Waals surface area contributed by atoms with Gasteiger partial charge in [0, 0.05) is 19.3 Å². The first-order valence-corrected chi connectivity index (χ1v) is 35.7. The highest BCUT2D eigenvalue weighted by atomic mass is 16.6. The van der Waals surface area contributed by atoms with E-state index in [9.17, 15) is 14.4 Å². The Bertz CT molecular complexity index is 1210. The van der Waals surface area contributed by atoms with Crippen molar-refractivity contribution in [2.24, 2.45) is 0 Å². The van der Waals surface area contributed by atoms with E-state index >= 15 is 0 Å². The Labute approximate surface area is 488 Å². The van der Waals surface area contributed by atoms with Crippen LogP contribution in [0.1, 0.15) is 412 Å². The molecule has 6 heteroatoms. The minimum Gasteiger partial charge on any atom is -0.462 e. The molecule has 78 heavy (non-hydrogen) atoms. The van der Waals surface area contributed by atoms with E-state index in [2.05, 4.69) is 32.9 Å². The molecule has 462 valence electrons. The van der Waals surface area contributed by atoms with Gasteiger partial charge in [0.25, 0.3) is 0 Å². The summed E-state index contributed by atoms with van der Waals surface area (Å²) in [6.45, 7) is 6.69. The standard InChI is InChI=1S/C72H138O6/c1-4-7-10-13-16-19-22-24-26-28-29-30-31-32-33-34-35-36-37-38-39-40-41-42-43-44-45-47-48-50-53-56-59-62-65-71(74)77-68-69(67-76-70(73)64-61-58-55-52-21-18-15-12-9-6-3)78-72(75)66-63-60-57-54-51-49-46-27-25-23-20-17-14-11-8-5-2/h27,46,69H,4-26,28-45,47-68H2,1-3H3/b46-27-. The lowest BCUT2D eigenvalue weighted by atomic mass is 10.0. The van der Waals surface area contributed by atoms with Gasteiger partial charge in [-0.05, 0) is 44.9 Å². The summed E-state index contributed by atoms with van der Waals surface area (Å²) in [5.41, 5.74) is 0. The largest absolute Gasteiger partial charge is 0.462 e. The number of carbonyl (C=O) groups is 3. The van der Waals surface area contributed by atoms with Gasteiger partial charge < -0.3 is 14.2 Å². The Hall–Kier alpha value is -1.85. The molecule has 0 aliphatic heterocycles. The summed E-state index contributed by atoms with van der Waals surface area (Å²) in [7, 11) is 0. The fraction of sp³-hybridized carbons (Fsp3) is 0.931. The van der Waals surface area contributed by atoms with Crippen LogP contribution in [0, 0.1) is 0 Å². The van der Waals surface area contributed by atoms with Gasteiger partial charge in [0.05, 0.1) is 0 Å². The van der Waals surface area contributed by atoms with Gasteiger partial charge in [0.2, 0.25) is 0 Å². The summed E-state index contributed by atoms with van der Waals surface area (Å²) in [5, 5.41) is 0. The molecule has 0 heterocycles. The lowest BCUT2D eigenvalue weighted by molar-refractivity contribution is -0.167. The third-order valence-corrected chi connectivity index (χ3v) is 16.5. The molecule has 1 unspecified atom stereocenters. The molecule has 0 aliphatic carbocycles. The molecule has 0 radical (unpaired) electrons. The summed E-state index contributed by atoms with van der Waals surface area (Å²) >= 11 is 0. The van der Waals surface area contributed by atoms with Gasteiger partial charge >= 0.3 is 17.9 Å². The number of allylic oxidation sites excluding steroid dienone is 2. The predicted molar refractivity (Wildman–Crippen MR) is 340 cm³/mol. The predicted octanol–water partition coefficient (Wildman–Crippen LogP) is 24.4. The van der Waals surface area contributed by atoms with Crippen molar-refractivity contribution in [2.45, 2.75) is 419 Å². The van der Waals surface area contributed by atoms with Crippen LogP contribution in [0.15, 0.2) is 12.2 Å². The number of unbranched alkanes of at least 4 members (excludes halogenated alkanes) is 54. The molecule has 0 N–H and O–H groups in total. The highest BCUT2D eigenvalue weighted by molar-refractivity contribution is 5.71. The zero-order valence-electron chi connectivity index (χ0n) is 53.2. The average molecular weight is 1100 g/mol. The van der Waals surface area contributed by atoms with E-state index in [-0.39, 0.29) is 31.1 Å². The molecule has 0 aromatic rings. The second-order valence-electron chi connectivity index (χ2n) is 24.5. The van der Waals surface area contributed by atoms with E-state index in [0.29, 0.717) is 19.3 Å². The zero-order chi connectivity index (χ0) is 56.4. The molecular weight excluding hydrogens is 961 g/mol. The quantitative estimate of drug-likeness (QED) is 0.0261. The highest BCUT2D eigenvalue weighted by Crippen LogP contribution is 2.19. The molecule has 0 spiro atoms. The summed E-state index contributed by atoms with van der Waals surface area (Å²) in [6.07, 6.45) is 81.3. The van der Waals surface area contributed by atoms with E-state index in [1.165, 1.54) is 308 Å². The van der Waals surface area contributed by atoms with E-state index < -0.39 is 6.10 Å². The van der Waals surface area contributed by atoms with Crippen molar-refractivity contribution in [3.63, 3.8) is 0 Å². The lowest BCUT2D eigenvalue weighted by Gasteiger charge is -2.18. The molecule has 0 saturated heterocycles. The van der Waals surface area contributed by atoms with Gasteiger partial charge in [0.1, 0.15) is 13.2 Å². The minimum absolute atomic E-state index is 0.0672. The summed E-state index contributed by atoms with van der Waals surface area (Å²) in [6, 6.07) is 0. The van der Waals surface area contributed by atoms with Crippen LogP contribution in [0.2, 0.25) is 0 Å². The first kappa shape index (κ1) is 76.1. The van der Waals surface area contributed by atoms with Crippen LogP contribution in [-0.2, 0) is 28.6 Å². The molecule has 0 saturated carbocycles. The second kappa shape index (κ2) is 67.7. The molecule has 0 aromatic carbocycles. The van der Waals surface area contributed by atoms with E-state index in [4.69, 9.17) is 14.2 Å². The Morgan fingerprint density at radius 2 is 0.423 bits per heavy atom. The fourth-order valence-electron chi connectivity index (χ4n) is 11.2. The van der Waals surface area contributed by atoms with Gasteiger partial charge in [-0.25, -0.2) is 0 Å². The maximum Gasteiger partial charge on any atom is 0.306 e. The number of hydrogen-bond acceptors (Lipinski definition) is 6. The van der Waals surface area contributed by atoms with Gasteiger partial charge in [-0.1, -0.05) is 360 Å². The van der Waals surface area contributed by atoms with Crippen LogP contribution in [0.3, 0.4) is 0 Å². The topological polar surface area (TPSA) is 78.9 Å². The van der Waals surface area contributed by atoms with Crippen molar-refractivity contribution in [2.75, 3.05) is 13.2 Å². The van der Waals surface area contributed by atoms with E-state index in [1.807, 2.05) is 0 Å². The number of rotatable bonds is 67. The number of carbonyl (C=O) groups excluding carboxylic acids is 3. The highest BCUT2D eigenvalue weighted by Gasteiger charge is 2.19. The van der Waals surface area contributed by atoms with Crippen LogP contribution >= 0.6 is 0 Å². The monoisotopic (exact) mass is 1100 g/mol. The molecule has 1 atom stereocenters. The van der Waals surface area contributed by atoms with Gasteiger partial charge in [-0.2, -0.15) is 0 Å². The number of hydrogen-bond donors (Lipinski definition) is 0. The Morgan fingerprint density at radius 3 is 0.641 bits per heavy atom. The molecule has 0 rings (SSSR count). The smallest absolute Gasteiger partial charge is 0.306 e. The summed E-state index contributed by atoms with van der Waals surface area (Å²) < 4.78 is 16.9. The van der Waals surface area contributed by atoms with Crippen molar-refractivity contribution in [3.8, 4) is 0 Å². The van der Waals surface area contributed by atoms with Crippen LogP contribution < -0.4 is 0 Å². The Morgan fingerprint density at radius 1 is 0.244 bits per heavy atom. The first-order valence-electron chi connectivity index (χ1n) is 35.7. The zero-order valence-corrected chi connectivity index (χ0v) is 53.2. The van der Waals surface area contributed by atoms with E-state index in [1.54, 1.807) is 0 Å². The fourth-order valence-corrected chi connectivity index (χ4v) is 11.2. The summed E-state index contributed by atoms with van der Waals surface area (Å²) in [4.78, 5) is 38.2. The maximum absolute atomic E-state index is 12.9.